The van der Waals surface area contributed by atoms with E-state index in [9.17, 15) is 9.90 Å². The number of benzene rings is 1. The number of rotatable bonds is 4. The Kier molecular flexibility index (Phi) is 3.47. The molecule has 0 spiro atoms. The lowest BCUT2D eigenvalue weighted by molar-refractivity contribution is -0.157. The number of hydrogen-bond donors (Lipinski definition) is 3. The summed E-state index contributed by atoms with van der Waals surface area (Å²) in [6, 6.07) is 7.41. The van der Waals surface area contributed by atoms with Crippen LogP contribution in [0, 0.1) is 0 Å². The van der Waals surface area contributed by atoms with Gasteiger partial charge in [-0.05, 0) is 24.5 Å². The van der Waals surface area contributed by atoms with Crippen molar-refractivity contribution >= 4 is 16.8 Å². The molecule has 0 aliphatic carbocycles. The number of nitrogens with zero attached hydrogens (tertiary/aromatic N) is 1. The largest absolute Gasteiger partial charge is 0.386 e. The molecule has 5 heteroatoms. The highest BCUT2D eigenvalue weighted by atomic mass is 16.3. The first-order valence-electron chi connectivity index (χ1n) is 7.34. The van der Waals surface area contributed by atoms with Crippen LogP contribution in [0.25, 0.3) is 10.9 Å². The molecule has 4 N–H and O–H groups in total. The Hall–Kier alpha value is -1.85. The van der Waals surface area contributed by atoms with E-state index in [2.05, 4.69) is 4.98 Å². The molecule has 3 rings (SSSR count). The Balaban J connectivity index is 1.67. The molecular weight excluding hydrogens is 266 g/mol. The van der Waals surface area contributed by atoms with Crippen LogP contribution in [0.1, 0.15) is 18.9 Å². The summed E-state index contributed by atoms with van der Waals surface area (Å²) >= 11 is 0. The van der Waals surface area contributed by atoms with Gasteiger partial charge in [-0.1, -0.05) is 25.1 Å². The SMILES string of the molecule is CCC1(O)CN(C(=O)[C@@H](N)Cc2c[nH]c3ccccc23)C1. The monoisotopic (exact) mass is 287 g/mol. The zero-order chi connectivity index (χ0) is 15.0. The molecule has 1 aromatic carbocycles. The average Bonchev–Trinajstić information content (AvgIpc) is 2.86. The summed E-state index contributed by atoms with van der Waals surface area (Å²) < 4.78 is 0. The van der Waals surface area contributed by atoms with Crippen molar-refractivity contribution in [3.63, 3.8) is 0 Å². The zero-order valence-corrected chi connectivity index (χ0v) is 12.2. The second kappa shape index (κ2) is 5.16. The van der Waals surface area contributed by atoms with Crippen LogP contribution in [-0.4, -0.2) is 45.6 Å². The van der Waals surface area contributed by atoms with Gasteiger partial charge >= 0.3 is 0 Å². The van der Waals surface area contributed by atoms with Crippen molar-refractivity contribution in [2.45, 2.75) is 31.4 Å². The molecule has 21 heavy (non-hydrogen) atoms. The molecular formula is C16H21N3O2. The Morgan fingerprint density at radius 1 is 1.48 bits per heavy atom. The van der Waals surface area contributed by atoms with Crippen LogP contribution in [0.2, 0.25) is 0 Å². The molecule has 2 heterocycles. The van der Waals surface area contributed by atoms with Crippen LogP contribution >= 0.6 is 0 Å². The van der Waals surface area contributed by atoms with E-state index in [0.717, 1.165) is 16.5 Å². The maximum absolute atomic E-state index is 12.3. The summed E-state index contributed by atoms with van der Waals surface area (Å²) in [6.45, 7) is 2.71. The number of carbonyl (C=O) groups excluding carboxylic acids is 1. The van der Waals surface area contributed by atoms with Gasteiger partial charge in [-0.25, -0.2) is 0 Å². The summed E-state index contributed by atoms with van der Waals surface area (Å²) in [5.74, 6) is -0.0848. The second-order valence-corrected chi connectivity index (χ2v) is 5.94. The fourth-order valence-electron chi connectivity index (χ4n) is 2.90. The molecule has 112 valence electrons. The molecule has 0 unspecified atom stereocenters. The van der Waals surface area contributed by atoms with Gasteiger partial charge in [-0.15, -0.1) is 0 Å². The Morgan fingerprint density at radius 3 is 2.90 bits per heavy atom. The molecule has 1 amide bonds. The molecule has 1 aliphatic rings. The smallest absolute Gasteiger partial charge is 0.240 e. The average molecular weight is 287 g/mol. The molecule has 1 aromatic heterocycles. The number of aromatic amines is 1. The first-order valence-corrected chi connectivity index (χ1v) is 7.34. The number of β-amino-alcohol motifs (C(OH)–C–C–N with tert-alkyl or cyclic N) is 1. The third-order valence-electron chi connectivity index (χ3n) is 4.37. The number of carbonyl (C=O) groups is 1. The topological polar surface area (TPSA) is 82.3 Å². The second-order valence-electron chi connectivity index (χ2n) is 5.94. The van der Waals surface area contributed by atoms with E-state index in [1.165, 1.54) is 0 Å². The van der Waals surface area contributed by atoms with Crippen LogP contribution < -0.4 is 5.73 Å². The number of hydrogen-bond acceptors (Lipinski definition) is 3. The third-order valence-corrected chi connectivity index (χ3v) is 4.37. The predicted octanol–water partition coefficient (Wildman–Crippen LogP) is 1.02. The van der Waals surface area contributed by atoms with Crippen molar-refractivity contribution in [1.82, 2.24) is 9.88 Å². The normalized spacial score (nSPS) is 18.5. The van der Waals surface area contributed by atoms with E-state index in [1.54, 1.807) is 4.90 Å². The first kappa shape index (κ1) is 14.1. The van der Waals surface area contributed by atoms with E-state index in [-0.39, 0.29) is 5.91 Å². The molecule has 1 aliphatic heterocycles. The number of fused-ring (bicyclic) bond motifs is 1. The number of H-pyrrole nitrogens is 1. The quantitative estimate of drug-likeness (QED) is 0.785. The molecule has 0 bridgehead atoms. The van der Waals surface area contributed by atoms with Crippen molar-refractivity contribution in [2.75, 3.05) is 13.1 Å². The standard InChI is InChI=1S/C16H21N3O2/c1-2-16(21)9-19(10-16)15(20)13(17)7-11-8-18-14-6-4-3-5-12(11)14/h3-6,8,13,18,21H,2,7,9-10,17H2,1H3/t13-/m0/s1. The summed E-state index contributed by atoms with van der Waals surface area (Å²) in [5.41, 5.74) is 7.45. The van der Waals surface area contributed by atoms with Gasteiger partial charge < -0.3 is 20.7 Å². The summed E-state index contributed by atoms with van der Waals surface area (Å²) in [5, 5.41) is 11.1. The lowest BCUT2D eigenvalue weighted by Gasteiger charge is -2.46. The van der Waals surface area contributed by atoms with Gasteiger partial charge in [0.25, 0.3) is 0 Å². The van der Waals surface area contributed by atoms with Crippen molar-refractivity contribution in [3.8, 4) is 0 Å². The highest BCUT2D eigenvalue weighted by Crippen LogP contribution is 2.25. The number of nitrogens with two attached hydrogens (primary N) is 1. The lowest BCUT2D eigenvalue weighted by Crippen LogP contribution is -2.65. The van der Waals surface area contributed by atoms with Crippen molar-refractivity contribution in [3.05, 3.63) is 36.0 Å². The van der Waals surface area contributed by atoms with E-state index < -0.39 is 11.6 Å². The molecule has 1 atom stereocenters. The maximum Gasteiger partial charge on any atom is 0.240 e. The fourth-order valence-corrected chi connectivity index (χ4v) is 2.90. The molecule has 1 saturated heterocycles. The highest BCUT2D eigenvalue weighted by molar-refractivity contribution is 5.86. The Bertz CT molecular complexity index is 658. The van der Waals surface area contributed by atoms with Crippen molar-refractivity contribution in [2.24, 2.45) is 5.73 Å². The lowest BCUT2D eigenvalue weighted by atomic mass is 9.90. The number of aromatic nitrogens is 1. The minimum absolute atomic E-state index is 0.0848. The molecule has 5 nitrogen and oxygen atoms in total. The molecule has 0 radical (unpaired) electrons. The van der Waals surface area contributed by atoms with Crippen LogP contribution in [0.5, 0.6) is 0 Å². The molecule has 2 aromatic rings. The fraction of sp³-hybridized carbons (Fsp3) is 0.438. The van der Waals surface area contributed by atoms with Gasteiger partial charge in [0.05, 0.1) is 24.7 Å². The van der Waals surface area contributed by atoms with Gasteiger partial charge in [0.1, 0.15) is 0 Å². The van der Waals surface area contributed by atoms with Crippen molar-refractivity contribution < 1.29 is 9.90 Å². The van der Waals surface area contributed by atoms with Gasteiger partial charge in [0.15, 0.2) is 0 Å². The van der Waals surface area contributed by atoms with Gasteiger partial charge in [-0.3, -0.25) is 4.79 Å². The molecule has 0 saturated carbocycles. The first-order chi connectivity index (χ1) is 10.0. The van der Waals surface area contributed by atoms with Crippen LogP contribution in [0.15, 0.2) is 30.5 Å². The van der Waals surface area contributed by atoms with E-state index in [0.29, 0.717) is 25.9 Å². The van der Waals surface area contributed by atoms with Crippen LogP contribution in [0.3, 0.4) is 0 Å². The van der Waals surface area contributed by atoms with Gasteiger partial charge in [0, 0.05) is 17.1 Å². The predicted molar refractivity (Wildman–Crippen MR) is 81.8 cm³/mol. The number of para-hydroxylation sites is 1. The number of nitrogens with one attached hydrogen (secondary N) is 1. The zero-order valence-electron chi connectivity index (χ0n) is 12.2. The highest BCUT2D eigenvalue weighted by Gasteiger charge is 2.43. The third kappa shape index (κ3) is 2.54. The molecule has 1 fully saturated rings. The maximum atomic E-state index is 12.3. The minimum Gasteiger partial charge on any atom is -0.386 e. The van der Waals surface area contributed by atoms with Crippen LogP contribution in [0.4, 0.5) is 0 Å². The van der Waals surface area contributed by atoms with Crippen molar-refractivity contribution in [1.29, 1.82) is 0 Å². The number of aliphatic hydroxyl groups is 1. The van der Waals surface area contributed by atoms with Gasteiger partial charge in [-0.2, -0.15) is 0 Å². The van der Waals surface area contributed by atoms with Crippen LogP contribution in [-0.2, 0) is 11.2 Å². The Labute approximate surface area is 123 Å². The number of amides is 1. The minimum atomic E-state index is -0.712. The van der Waals surface area contributed by atoms with E-state index in [4.69, 9.17) is 5.73 Å². The van der Waals surface area contributed by atoms with Gasteiger partial charge in [0.2, 0.25) is 5.91 Å². The Morgan fingerprint density at radius 2 is 2.19 bits per heavy atom. The van der Waals surface area contributed by atoms with E-state index >= 15 is 0 Å². The summed E-state index contributed by atoms with van der Waals surface area (Å²) in [7, 11) is 0. The summed E-state index contributed by atoms with van der Waals surface area (Å²) in [6.07, 6.45) is 3.08. The van der Waals surface area contributed by atoms with E-state index in [1.807, 2.05) is 37.4 Å². The number of likely N-dealkylation sites (tertiary alicyclic amines) is 1. The summed E-state index contributed by atoms with van der Waals surface area (Å²) in [4.78, 5) is 17.1.